The first-order valence-electron chi connectivity index (χ1n) is 5.57. The number of carbonyl (C=O) groups is 2. The van der Waals surface area contributed by atoms with E-state index in [1.807, 2.05) is 0 Å². The van der Waals surface area contributed by atoms with E-state index < -0.39 is 17.7 Å². The monoisotopic (exact) mass is 293 g/mol. The Bertz CT molecular complexity index is 671. The molecule has 0 aliphatic carbocycles. The fraction of sp³-hybridized carbons (Fsp3) is 0. The second-order valence-corrected chi connectivity index (χ2v) is 4.40. The molecule has 0 unspecified atom stereocenters. The Morgan fingerprint density at radius 1 is 1.05 bits per heavy atom. The predicted molar refractivity (Wildman–Crippen MR) is 72.8 cm³/mol. The minimum Gasteiger partial charge on any atom is -0.478 e. The molecule has 0 spiro atoms. The van der Waals surface area contributed by atoms with Crippen LogP contribution in [0.5, 0.6) is 0 Å². The molecule has 0 aliphatic heterocycles. The van der Waals surface area contributed by atoms with Gasteiger partial charge < -0.3 is 10.4 Å². The number of amides is 1. The van der Waals surface area contributed by atoms with E-state index in [-0.39, 0.29) is 11.3 Å². The zero-order chi connectivity index (χ0) is 14.7. The van der Waals surface area contributed by atoms with Crippen molar-refractivity contribution in [1.82, 2.24) is 0 Å². The maximum atomic E-state index is 13.7. The highest BCUT2D eigenvalue weighted by molar-refractivity contribution is 6.30. The van der Waals surface area contributed by atoms with Crippen LogP contribution in [-0.4, -0.2) is 17.0 Å². The predicted octanol–water partition coefficient (Wildman–Crippen LogP) is 3.43. The summed E-state index contributed by atoms with van der Waals surface area (Å²) in [5.41, 5.74) is 0.0399. The van der Waals surface area contributed by atoms with E-state index in [1.165, 1.54) is 24.3 Å². The number of rotatable bonds is 3. The SMILES string of the molecule is O=C(O)c1ccc(NC(=O)c2ccc(Cl)cc2)c(F)c1. The largest absolute Gasteiger partial charge is 0.478 e. The van der Waals surface area contributed by atoms with E-state index in [0.29, 0.717) is 10.6 Å². The zero-order valence-electron chi connectivity index (χ0n) is 10.1. The van der Waals surface area contributed by atoms with Gasteiger partial charge in [-0.05, 0) is 42.5 Å². The van der Waals surface area contributed by atoms with Crippen LogP contribution in [0.3, 0.4) is 0 Å². The van der Waals surface area contributed by atoms with Crippen molar-refractivity contribution in [3.8, 4) is 0 Å². The molecule has 0 heterocycles. The molecule has 0 radical (unpaired) electrons. The van der Waals surface area contributed by atoms with Gasteiger partial charge >= 0.3 is 5.97 Å². The lowest BCUT2D eigenvalue weighted by molar-refractivity contribution is 0.0696. The first kappa shape index (κ1) is 14.0. The lowest BCUT2D eigenvalue weighted by Gasteiger charge is -2.07. The number of benzene rings is 2. The first-order chi connectivity index (χ1) is 9.47. The van der Waals surface area contributed by atoms with E-state index in [2.05, 4.69) is 5.32 Å². The molecule has 20 heavy (non-hydrogen) atoms. The summed E-state index contributed by atoms with van der Waals surface area (Å²) in [6.45, 7) is 0. The van der Waals surface area contributed by atoms with Crippen LogP contribution in [0.2, 0.25) is 5.02 Å². The summed E-state index contributed by atoms with van der Waals surface area (Å²) >= 11 is 5.70. The van der Waals surface area contributed by atoms with E-state index in [4.69, 9.17) is 16.7 Å². The van der Waals surface area contributed by atoms with Crippen LogP contribution < -0.4 is 5.32 Å². The highest BCUT2D eigenvalue weighted by Crippen LogP contribution is 2.17. The summed E-state index contributed by atoms with van der Waals surface area (Å²) in [6, 6.07) is 9.35. The third-order valence-corrected chi connectivity index (χ3v) is 2.82. The fourth-order valence-electron chi connectivity index (χ4n) is 1.55. The van der Waals surface area contributed by atoms with Crippen molar-refractivity contribution in [2.45, 2.75) is 0 Å². The third-order valence-electron chi connectivity index (χ3n) is 2.57. The van der Waals surface area contributed by atoms with E-state index in [9.17, 15) is 14.0 Å². The Hall–Kier alpha value is -2.40. The molecule has 1 amide bonds. The lowest BCUT2D eigenvalue weighted by Crippen LogP contribution is -2.13. The molecule has 102 valence electrons. The third kappa shape index (κ3) is 3.13. The van der Waals surface area contributed by atoms with Crippen molar-refractivity contribution in [3.63, 3.8) is 0 Å². The number of anilines is 1. The van der Waals surface area contributed by atoms with Crippen LogP contribution in [0.15, 0.2) is 42.5 Å². The maximum Gasteiger partial charge on any atom is 0.335 e. The van der Waals surface area contributed by atoms with Crippen LogP contribution in [0.25, 0.3) is 0 Å². The topological polar surface area (TPSA) is 66.4 Å². The molecule has 0 aliphatic rings. The maximum absolute atomic E-state index is 13.7. The molecule has 4 nitrogen and oxygen atoms in total. The fourth-order valence-corrected chi connectivity index (χ4v) is 1.67. The summed E-state index contributed by atoms with van der Waals surface area (Å²) < 4.78 is 13.7. The smallest absolute Gasteiger partial charge is 0.335 e. The van der Waals surface area contributed by atoms with Crippen LogP contribution in [0, 0.1) is 5.82 Å². The Morgan fingerprint density at radius 2 is 1.65 bits per heavy atom. The number of hydrogen-bond acceptors (Lipinski definition) is 2. The lowest BCUT2D eigenvalue weighted by atomic mass is 10.1. The van der Waals surface area contributed by atoms with Gasteiger partial charge in [0.2, 0.25) is 0 Å². The molecular formula is C14H9ClFNO3. The van der Waals surface area contributed by atoms with Gasteiger partial charge in [0, 0.05) is 10.6 Å². The number of nitrogens with one attached hydrogen (secondary N) is 1. The average Bonchev–Trinajstić information content (AvgIpc) is 2.41. The van der Waals surface area contributed by atoms with Crippen molar-refractivity contribution < 1.29 is 19.1 Å². The van der Waals surface area contributed by atoms with E-state index in [0.717, 1.165) is 6.07 Å². The molecule has 0 fully saturated rings. The van der Waals surface area contributed by atoms with Crippen molar-refractivity contribution >= 4 is 29.2 Å². The summed E-state index contributed by atoms with van der Waals surface area (Å²) in [4.78, 5) is 22.5. The van der Waals surface area contributed by atoms with Crippen LogP contribution in [0.4, 0.5) is 10.1 Å². The quantitative estimate of drug-likeness (QED) is 0.911. The summed E-state index contributed by atoms with van der Waals surface area (Å²) in [5, 5.41) is 11.6. The van der Waals surface area contributed by atoms with Gasteiger partial charge in [0.05, 0.1) is 11.3 Å². The number of aromatic carboxylic acids is 1. The molecule has 2 aromatic carbocycles. The Morgan fingerprint density at radius 3 is 2.20 bits per heavy atom. The standard InChI is InChI=1S/C14H9ClFNO3/c15-10-4-1-8(2-5-10)13(18)17-12-6-3-9(14(19)20)7-11(12)16/h1-7H,(H,17,18)(H,19,20). The molecule has 0 bridgehead atoms. The van der Waals surface area contributed by atoms with Crippen molar-refractivity contribution in [1.29, 1.82) is 0 Å². The molecule has 0 saturated carbocycles. The van der Waals surface area contributed by atoms with Crippen molar-refractivity contribution in [2.24, 2.45) is 0 Å². The zero-order valence-corrected chi connectivity index (χ0v) is 10.8. The van der Waals surface area contributed by atoms with Gasteiger partial charge in [-0.3, -0.25) is 4.79 Å². The van der Waals surface area contributed by atoms with Gasteiger partial charge in [-0.25, -0.2) is 9.18 Å². The van der Waals surface area contributed by atoms with Gasteiger partial charge in [-0.2, -0.15) is 0 Å². The summed E-state index contributed by atoms with van der Waals surface area (Å²) in [7, 11) is 0. The minimum absolute atomic E-state index is 0.0880. The van der Waals surface area contributed by atoms with Crippen LogP contribution in [-0.2, 0) is 0 Å². The van der Waals surface area contributed by atoms with Gasteiger partial charge in [-0.15, -0.1) is 0 Å². The Kier molecular flexibility index (Phi) is 4.00. The summed E-state index contributed by atoms with van der Waals surface area (Å²) in [6.07, 6.45) is 0. The average molecular weight is 294 g/mol. The molecule has 2 aromatic rings. The number of carbonyl (C=O) groups excluding carboxylic acids is 1. The highest BCUT2D eigenvalue weighted by atomic mass is 35.5. The van der Waals surface area contributed by atoms with Gasteiger partial charge in [0.25, 0.3) is 5.91 Å². The normalized spacial score (nSPS) is 10.1. The van der Waals surface area contributed by atoms with Crippen LogP contribution >= 0.6 is 11.6 Å². The van der Waals surface area contributed by atoms with E-state index in [1.54, 1.807) is 12.1 Å². The molecular weight excluding hydrogens is 285 g/mol. The van der Waals surface area contributed by atoms with Crippen molar-refractivity contribution in [2.75, 3.05) is 5.32 Å². The second-order valence-electron chi connectivity index (χ2n) is 3.96. The number of hydrogen-bond donors (Lipinski definition) is 2. The number of carboxylic acids is 1. The molecule has 2 N–H and O–H groups in total. The van der Waals surface area contributed by atoms with Gasteiger partial charge in [0.1, 0.15) is 5.82 Å². The number of carboxylic acid groups (broad SMARTS) is 1. The highest BCUT2D eigenvalue weighted by Gasteiger charge is 2.12. The Labute approximate surface area is 118 Å². The van der Waals surface area contributed by atoms with Crippen LogP contribution in [0.1, 0.15) is 20.7 Å². The first-order valence-corrected chi connectivity index (χ1v) is 5.95. The molecule has 0 aromatic heterocycles. The molecule has 2 rings (SSSR count). The minimum atomic E-state index is -1.24. The Balaban J connectivity index is 2.19. The molecule has 0 atom stereocenters. The summed E-state index contributed by atoms with van der Waals surface area (Å²) in [5.74, 6) is -2.56. The molecule has 0 saturated heterocycles. The van der Waals surface area contributed by atoms with Gasteiger partial charge in [0.15, 0.2) is 0 Å². The molecule has 6 heteroatoms. The number of halogens is 2. The van der Waals surface area contributed by atoms with Crippen molar-refractivity contribution in [3.05, 3.63) is 64.4 Å². The van der Waals surface area contributed by atoms with Gasteiger partial charge in [-0.1, -0.05) is 11.6 Å². The second kappa shape index (κ2) is 5.71. The van der Waals surface area contributed by atoms with E-state index >= 15 is 0 Å².